The minimum Gasteiger partial charge on any atom is -0.347 e. The standard InChI is InChI=1S/C23H32N2O2/c1-15(2)12-20-19-13-16-8-6-7-9-17(16)18(19)10-11-25(20)21(26)14-24-22(27)23(3,4)5/h6-9,15,20H,10-14H2,1-5H3,(H,24,27). The summed E-state index contributed by atoms with van der Waals surface area (Å²) in [5, 5.41) is 2.82. The normalized spacial score (nSPS) is 19.2. The van der Waals surface area contributed by atoms with Crippen LogP contribution >= 0.6 is 0 Å². The summed E-state index contributed by atoms with van der Waals surface area (Å²) in [6.07, 6.45) is 2.81. The van der Waals surface area contributed by atoms with Gasteiger partial charge < -0.3 is 10.2 Å². The number of amides is 2. The molecule has 0 fully saturated rings. The summed E-state index contributed by atoms with van der Waals surface area (Å²) in [7, 11) is 0. The number of nitrogens with zero attached hydrogens (tertiary/aromatic N) is 1. The maximum atomic E-state index is 13.0. The second-order valence-corrected chi connectivity index (χ2v) is 9.25. The molecular weight excluding hydrogens is 336 g/mol. The average Bonchev–Trinajstić information content (AvgIpc) is 2.97. The zero-order valence-electron chi connectivity index (χ0n) is 17.3. The molecule has 27 heavy (non-hydrogen) atoms. The van der Waals surface area contributed by atoms with Gasteiger partial charge in [-0.25, -0.2) is 0 Å². The van der Waals surface area contributed by atoms with Crippen molar-refractivity contribution in [2.75, 3.05) is 13.1 Å². The molecule has 1 aliphatic carbocycles. The smallest absolute Gasteiger partial charge is 0.242 e. The maximum Gasteiger partial charge on any atom is 0.242 e. The molecule has 4 heteroatoms. The van der Waals surface area contributed by atoms with E-state index in [1.165, 1.54) is 22.3 Å². The molecule has 1 aliphatic heterocycles. The van der Waals surface area contributed by atoms with Crippen LogP contribution in [0.1, 0.15) is 58.6 Å². The lowest BCUT2D eigenvalue weighted by Crippen LogP contribution is -2.50. The van der Waals surface area contributed by atoms with Crippen molar-refractivity contribution in [1.82, 2.24) is 10.2 Å². The Hall–Kier alpha value is -2.10. The number of rotatable bonds is 4. The Kier molecular flexibility index (Phi) is 5.45. The first-order valence-corrected chi connectivity index (χ1v) is 10.1. The quantitative estimate of drug-likeness (QED) is 0.879. The minimum atomic E-state index is -0.484. The Bertz CT molecular complexity index is 771. The summed E-state index contributed by atoms with van der Waals surface area (Å²) in [6, 6.07) is 8.76. The number of fused-ring (bicyclic) bond motifs is 2. The van der Waals surface area contributed by atoms with Gasteiger partial charge in [0.2, 0.25) is 11.8 Å². The fourth-order valence-corrected chi connectivity index (χ4v) is 4.18. The lowest BCUT2D eigenvalue weighted by Gasteiger charge is -2.38. The minimum absolute atomic E-state index is 0.0285. The van der Waals surface area contributed by atoms with Gasteiger partial charge in [-0.3, -0.25) is 9.59 Å². The van der Waals surface area contributed by atoms with Crippen LogP contribution in [0, 0.1) is 11.3 Å². The summed E-state index contributed by atoms with van der Waals surface area (Å²) in [6.45, 7) is 10.8. The number of carbonyl (C=O) groups is 2. The molecule has 2 aliphatic rings. The van der Waals surface area contributed by atoms with Crippen LogP contribution in [0.5, 0.6) is 0 Å². The van der Waals surface area contributed by atoms with E-state index in [0.29, 0.717) is 5.92 Å². The molecule has 0 radical (unpaired) electrons. The van der Waals surface area contributed by atoms with Gasteiger partial charge in [0, 0.05) is 12.0 Å². The van der Waals surface area contributed by atoms with Crippen molar-refractivity contribution in [2.24, 2.45) is 11.3 Å². The first kappa shape index (κ1) is 19.7. The molecule has 4 nitrogen and oxygen atoms in total. The van der Waals surface area contributed by atoms with E-state index in [1.54, 1.807) is 0 Å². The highest BCUT2D eigenvalue weighted by atomic mass is 16.2. The molecule has 1 N–H and O–H groups in total. The van der Waals surface area contributed by atoms with Crippen LogP contribution < -0.4 is 5.32 Å². The zero-order chi connectivity index (χ0) is 19.8. The summed E-state index contributed by atoms with van der Waals surface area (Å²) in [5.74, 6) is 0.451. The Labute approximate surface area is 163 Å². The molecule has 1 heterocycles. The van der Waals surface area contributed by atoms with Crippen LogP contribution in [0.15, 0.2) is 29.8 Å². The van der Waals surface area contributed by atoms with Gasteiger partial charge in [-0.05, 0) is 47.5 Å². The predicted octanol–water partition coefficient (Wildman–Crippen LogP) is 3.81. The van der Waals surface area contributed by atoms with Gasteiger partial charge in [-0.1, -0.05) is 58.9 Å². The molecule has 0 spiro atoms. The van der Waals surface area contributed by atoms with Crippen LogP contribution in [0.2, 0.25) is 0 Å². The second kappa shape index (κ2) is 7.49. The Morgan fingerprint density at radius 1 is 1.22 bits per heavy atom. The molecular formula is C23H32N2O2. The molecule has 0 saturated heterocycles. The van der Waals surface area contributed by atoms with E-state index < -0.39 is 5.41 Å². The van der Waals surface area contributed by atoms with Gasteiger partial charge in [-0.2, -0.15) is 0 Å². The van der Waals surface area contributed by atoms with Gasteiger partial charge in [0.1, 0.15) is 0 Å². The van der Waals surface area contributed by atoms with Crippen molar-refractivity contribution in [3.63, 3.8) is 0 Å². The molecule has 1 aromatic rings. The highest BCUT2D eigenvalue weighted by Crippen LogP contribution is 2.42. The summed E-state index contributed by atoms with van der Waals surface area (Å²) in [5.41, 5.74) is 5.12. The fraction of sp³-hybridized carbons (Fsp3) is 0.565. The molecule has 146 valence electrons. The first-order valence-electron chi connectivity index (χ1n) is 10.1. The van der Waals surface area contributed by atoms with Crippen LogP contribution in [0.4, 0.5) is 0 Å². The SMILES string of the molecule is CC(C)CC1C2=C(CCN1C(=O)CNC(=O)C(C)(C)C)c1ccccc1C2. The molecule has 3 rings (SSSR count). The van der Waals surface area contributed by atoms with Crippen LogP contribution in [0.25, 0.3) is 5.57 Å². The topological polar surface area (TPSA) is 49.4 Å². The van der Waals surface area contributed by atoms with Crippen molar-refractivity contribution in [2.45, 2.75) is 59.9 Å². The van der Waals surface area contributed by atoms with Crippen molar-refractivity contribution < 1.29 is 9.59 Å². The number of hydrogen-bond acceptors (Lipinski definition) is 2. The predicted molar refractivity (Wildman–Crippen MR) is 109 cm³/mol. The van der Waals surface area contributed by atoms with Gasteiger partial charge in [0.05, 0.1) is 12.6 Å². The molecule has 0 saturated carbocycles. The Morgan fingerprint density at radius 2 is 1.93 bits per heavy atom. The number of carbonyl (C=O) groups excluding carboxylic acids is 2. The van der Waals surface area contributed by atoms with E-state index in [9.17, 15) is 9.59 Å². The van der Waals surface area contributed by atoms with Crippen LogP contribution in [0.3, 0.4) is 0 Å². The summed E-state index contributed by atoms with van der Waals surface area (Å²) >= 11 is 0. The van der Waals surface area contributed by atoms with Gasteiger partial charge in [0.25, 0.3) is 0 Å². The lowest BCUT2D eigenvalue weighted by molar-refractivity contribution is -0.136. The van der Waals surface area contributed by atoms with Crippen LogP contribution in [-0.2, 0) is 16.0 Å². The third kappa shape index (κ3) is 4.10. The Morgan fingerprint density at radius 3 is 2.59 bits per heavy atom. The number of hydrogen-bond donors (Lipinski definition) is 1. The number of benzene rings is 1. The van der Waals surface area contributed by atoms with E-state index in [-0.39, 0.29) is 24.4 Å². The van der Waals surface area contributed by atoms with Crippen molar-refractivity contribution >= 4 is 17.4 Å². The van der Waals surface area contributed by atoms with Gasteiger partial charge >= 0.3 is 0 Å². The summed E-state index contributed by atoms with van der Waals surface area (Å²) in [4.78, 5) is 27.1. The van der Waals surface area contributed by atoms with E-state index in [4.69, 9.17) is 0 Å². The van der Waals surface area contributed by atoms with Crippen molar-refractivity contribution in [3.8, 4) is 0 Å². The third-order valence-corrected chi connectivity index (χ3v) is 5.59. The first-order chi connectivity index (χ1) is 12.7. The van der Waals surface area contributed by atoms with Crippen molar-refractivity contribution in [1.29, 1.82) is 0 Å². The molecule has 1 unspecified atom stereocenters. The molecule has 2 amide bonds. The van der Waals surface area contributed by atoms with E-state index >= 15 is 0 Å². The average molecular weight is 369 g/mol. The van der Waals surface area contributed by atoms with Crippen LogP contribution in [-0.4, -0.2) is 35.8 Å². The third-order valence-electron chi connectivity index (χ3n) is 5.59. The highest BCUT2D eigenvalue weighted by Gasteiger charge is 2.37. The molecule has 0 aromatic heterocycles. The maximum absolute atomic E-state index is 13.0. The van der Waals surface area contributed by atoms with E-state index in [2.05, 4.69) is 43.4 Å². The fourth-order valence-electron chi connectivity index (χ4n) is 4.18. The largest absolute Gasteiger partial charge is 0.347 e. The Balaban J connectivity index is 1.79. The second-order valence-electron chi connectivity index (χ2n) is 9.25. The summed E-state index contributed by atoms with van der Waals surface area (Å²) < 4.78 is 0. The molecule has 1 aromatic carbocycles. The lowest BCUT2D eigenvalue weighted by atomic mass is 9.87. The number of nitrogens with one attached hydrogen (secondary N) is 1. The molecule has 1 atom stereocenters. The van der Waals surface area contributed by atoms with Gasteiger partial charge in [-0.15, -0.1) is 0 Å². The highest BCUT2D eigenvalue weighted by molar-refractivity contribution is 5.88. The van der Waals surface area contributed by atoms with Crippen molar-refractivity contribution in [3.05, 3.63) is 41.0 Å². The monoisotopic (exact) mass is 368 g/mol. The van der Waals surface area contributed by atoms with E-state index in [0.717, 1.165) is 25.8 Å². The van der Waals surface area contributed by atoms with E-state index in [1.807, 2.05) is 25.7 Å². The van der Waals surface area contributed by atoms with Gasteiger partial charge in [0.15, 0.2) is 0 Å². The zero-order valence-corrected chi connectivity index (χ0v) is 17.3. The molecule has 0 bridgehead atoms.